The Morgan fingerprint density at radius 1 is 0.974 bits per heavy atom. The lowest BCUT2D eigenvalue weighted by molar-refractivity contribution is -0.144. The molecule has 4 heteroatoms. The fourth-order valence-electron chi connectivity index (χ4n) is 8.58. The number of methoxy groups -OCH3 is 1. The summed E-state index contributed by atoms with van der Waals surface area (Å²) in [6.07, 6.45) is 13.1. The minimum absolute atomic E-state index is 0.0752. The number of ether oxygens (including phenoxy) is 1. The molecule has 0 radical (unpaired) electrons. The first-order valence-corrected chi connectivity index (χ1v) is 15.6. The Hall–Kier alpha value is -2.62. The molecule has 4 nitrogen and oxygen atoms in total. The molecule has 2 aromatic carbocycles. The molecule has 1 aliphatic heterocycles. The Morgan fingerprint density at radius 3 is 2.44 bits per heavy atom. The number of hydrogen-bond acceptors (Lipinski definition) is 3. The topological polar surface area (TPSA) is 46.6 Å². The Kier molecular flexibility index (Phi) is 8.79. The van der Waals surface area contributed by atoms with Gasteiger partial charge in [0.15, 0.2) is 0 Å². The number of esters is 1. The van der Waals surface area contributed by atoms with Gasteiger partial charge in [-0.15, -0.1) is 0 Å². The van der Waals surface area contributed by atoms with Gasteiger partial charge in [0.2, 0.25) is 5.91 Å². The molecule has 1 saturated heterocycles. The largest absolute Gasteiger partial charge is 0.465 e. The average molecular weight is 530 g/mol. The third-order valence-corrected chi connectivity index (χ3v) is 10.6. The van der Waals surface area contributed by atoms with Gasteiger partial charge in [-0.3, -0.25) is 4.79 Å². The van der Waals surface area contributed by atoms with Gasteiger partial charge in [0.1, 0.15) is 0 Å². The van der Waals surface area contributed by atoms with E-state index in [9.17, 15) is 9.59 Å². The van der Waals surface area contributed by atoms with Crippen molar-refractivity contribution < 1.29 is 14.3 Å². The van der Waals surface area contributed by atoms with Crippen LogP contribution in [-0.2, 0) is 21.4 Å². The molecular formula is C35H47NO3. The second-order valence-electron chi connectivity index (χ2n) is 12.3. The predicted molar refractivity (Wildman–Crippen MR) is 157 cm³/mol. The van der Waals surface area contributed by atoms with Gasteiger partial charge < -0.3 is 9.64 Å². The molecule has 2 fully saturated rings. The number of likely N-dealkylation sites (tertiary alicyclic amines) is 1. The number of rotatable bonds is 7. The smallest absolute Gasteiger partial charge is 0.338 e. The van der Waals surface area contributed by atoms with E-state index in [-0.39, 0.29) is 17.3 Å². The number of carbonyl (C=O) groups is 2. The van der Waals surface area contributed by atoms with Gasteiger partial charge in [0.05, 0.1) is 12.7 Å². The van der Waals surface area contributed by atoms with E-state index in [0.717, 1.165) is 57.1 Å². The minimum Gasteiger partial charge on any atom is -0.465 e. The van der Waals surface area contributed by atoms with Crippen LogP contribution in [0.3, 0.4) is 0 Å². The maximum Gasteiger partial charge on any atom is 0.338 e. The first-order valence-electron chi connectivity index (χ1n) is 15.6. The third kappa shape index (κ3) is 5.28. The van der Waals surface area contributed by atoms with Crippen LogP contribution in [0.15, 0.2) is 48.5 Å². The summed E-state index contributed by atoms with van der Waals surface area (Å²) in [6.45, 7) is 5.30. The van der Waals surface area contributed by atoms with E-state index < -0.39 is 0 Å². The maximum atomic E-state index is 14.8. The highest BCUT2D eigenvalue weighted by Gasteiger charge is 2.48. The monoisotopic (exact) mass is 529 g/mol. The summed E-state index contributed by atoms with van der Waals surface area (Å²) in [7, 11) is 1.46. The Morgan fingerprint density at radius 2 is 1.74 bits per heavy atom. The summed E-state index contributed by atoms with van der Waals surface area (Å²) in [6, 6.07) is 17.4. The zero-order chi connectivity index (χ0) is 27.4. The van der Waals surface area contributed by atoms with E-state index in [1.165, 1.54) is 50.3 Å². The second kappa shape index (κ2) is 12.3. The summed E-state index contributed by atoms with van der Waals surface area (Å²) < 4.78 is 5.15. The lowest BCUT2D eigenvalue weighted by atomic mass is 9.59. The van der Waals surface area contributed by atoms with E-state index >= 15 is 0 Å². The normalized spacial score (nSPS) is 26.5. The van der Waals surface area contributed by atoms with Gasteiger partial charge in [-0.25, -0.2) is 4.79 Å². The first kappa shape index (κ1) is 27.9. The van der Waals surface area contributed by atoms with Crippen molar-refractivity contribution in [2.24, 2.45) is 11.8 Å². The average Bonchev–Trinajstić information content (AvgIpc) is 3.01. The van der Waals surface area contributed by atoms with Crippen LogP contribution in [0.1, 0.15) is 117 Å². The van der Waals surface area contributed by atoms with E-state index in [2.05, 4.69) is 55.1 Å². The number of benzene rings is 2. The van der Waals surface area contributed by atoms with Gasteiger partial charge in [0, 0.05) is 23.9 Å². The van der Waals surface area contributed by atoms with E-state index in [4.69, 9.17) is 4.74 Å². The highest BCUT2D eigenvalue weighted by molar-refractivity contribution is 5.92. The quantitative estimate of drug-likeness (QED) is 0.343. The van der Waals surface area contributed by atoms with Crippen molar-refractivity contribution in [2.45, 2.75) is 108 Å². The van der Waals surface area contributed by atoms with Crippen LogP contribution < -0.4 is 0 Å². The van der Waals surface area contributed by atoms with Crippen LogP contribution in [0.4, 0.5) is 0 Å². The van der Waals surface area contributed by atoms with Crippen LogP contribution in [0.5, 0.6) is 0 Å². The number of piperidine rings is 1. The molecule has 2 aromatic rings. The summed E-state index contributed by atoms with van der Waals surface area (Å²) in [5.74, 6) is 1.15. The Bertz CT molecular complexity index is 1140. The van der Waals surface area contributed by atoms with E-state index in [0.29, 0.717) is 29.3 Å². The molecule has 0 N–H and O–H groups in total. The number of amides is 1. The molecule has 0 aromatic heterocycles. The van der Waals surface area contributed by atoms with Gasteiger partial charge in [-0.05, 0) is 92.4 Å². The molecule has 1 heterocycles. The van der Waals surface area contributed by atoms with Crippen molar-refractivity contribution in [2.75, 3.05) is 13.7 Å². The lowest BCUT2D eigenvalue weighted by Gasteiger charge is -2.50. The molecule has 39 heavy (non-hydrogen) atoms. The molecule has 0 unspecified atom stereocenters. The SMILES string of the molecule is CC[C@@H](C(=O)N1CC[C@@H](c2ccccc2)C[C@H]1C1CCCCC1)[C@]1(CC)CCCc2c(C(=O)OC)cccc21. The van der Waals surface area contributed by atoms with Crippen LogP contribution in [0.2, 0.25) is 0 Å². The summed E-state index contributed by atoms with van der Waals surface area (Å²) in [5, 5.41) is 0. The van der Waals surface area contributed by atoms with Gasteiger partial charge in [-0.2, -0.15) is 0 Å². The van der Waals surface area contributed by atoms with Crippen molar-refractivity contribution in [3.05, 3.63) is 70.8 Å². The van der Waals surface area contributed by atoms with Crippen molar-refractivity contribution in [1.82, 2.24) is 4.90 Å². The molecule has 210 valence electrons. The van der Waals surface area contributed by atoms with Gasteiger partial charge in [-0.1, -0.05) is 75.6 Å². The lowest BCUT2D eigenvalue weighted by Crippen LogP contribution is -2.55. The van der Waals surface area contributed by atoms with E-state index in [1.807, 2.05) is 12.1 Å². The Balaban J connectivity index is 1.49. The standard InChI is InChI=1S/C35H47NO3/c1-4-30(35(5-2)22-13-19-28-29(34(38)39-3)18-12-20-31(28)35)33(37)36-23-21-27(25-14-8-6-9-15-25)24-32(36)26-16-10-7-11-17-26/h6,8-9,12,14-15,18,20,26-27,30,32H,4-5,7,10-11,13,16-17,19,21-24H2,1-3H3/t27-,30+,32+,35+/m1/s1. The molecule has 5 rings (SSSR count). The van der Waals surface area contributed by atoms with Crippen LogP contribution in [0.25, 0.3) is 0 Å². The third-order valence-electron chi connectivity index (χ3n) is 10.6. The summed E-state index contributed by atoms with van der Waals surface area (Å²) in [4.78, 5) is 29.8. The van der Waals surface area contributed by atoms with Crippen molar-refractivity contribution in [1.29, 1.82) is 0 Å². The Labute approximate surface area is 235 Å². The number of nitrogens with zero attached hydrogens (tertiary/aromatic N) is 1. The summed E-state index contributed by atoms with van der Waals surface area (Å²) in [5.41, 5.74) is 4.19. The van der Waals surface area contributed by atoms with Crippen molar-refractivity contribution in [3.8, 4) is 0 Å². The number of hydrogen-bond donors (Lipinski definition) is 0. The molecule has 1 saturated carbocycles. The second-order valence-corrected chi connectivity index (χ2v) is 12.3. The highest BCUT2D eigenvalue weighted by atomic mass is 16.5. The zero-order valence-electron chi connectivity index (χ0n) is 24.3. The van der Waals surface area contributed by atoms with E-state index in [1.54, 1.807) is 0 Å². The first-order chi connectivity index (χ1) is 19.0. The molecule has 0 bridgehead atoms. The number of fused-ring (bicyclic) bond motifs is 1. The fourth-order valence-corrected chi connectivity index (χ4v) is 8.58. The maximum absolute atomic E-state index is 14.8. The van der Waals surface area contributed by atoms with Gasteiger partial charge in [0.25, 0.3) is 0 Å². The molecular weight excluding hydrogens is 482 g/mol. The molecule has 4 atom stereocenters. The summed E-state index contributed by atoms with van der Waals surface area (Å²) >= 11 is 0. The molecule has 1 amide bonds. The number of carbonyl (C=O) groups excluding carboxylic acids is 2. The van der Waals surface area contributed by atoms with Gasteiger partial charge >= 0.3 is 5.97 Å². The van der Waals surface area contributed by atoms with Crippen LogP contribution >= 0.6 is 0 Å². The molecule has 3 aliphatic rings. The van der Waals surface area contributed by atoms with Crippen molar-refractivity contribution >= 4 is 11.9 Å². The van der Waals surface area contributed by atoms with Crippen molar-refractivity contribution in [3.63, 3.8) is 0 Å². The van der Waals surface area contributed by atoms with Crippen LogP contribution in [0, 0.1) is 11.8 Å². The van der Waals surface area contributed by atoms with Crippen LogP contribution in [-0.4, -0.2) is 36.5 Å². The molecule has 2 aliphatic carbocycles. The molecule has 0 spiro atoms. The zero-order valence-corrected chi connectivity index (χ0v) is 24.3. The fraction of sp³-hybridized carbons (Fsp3) is 0.600. The minimum atomic E-state index is -0.265. The highest BCUT2D eigenvalue weighted by Crippen LogP contribution is 2.49. The predicted octanol–water partition coefficient (Wildman–Crippen LogP) is 7.84.